The highest BCUT2D eigenvalue weighted by molar-refractivity contribution is 5.90. The van der Waals surface area contributed by atoms with Gasteiger partial charge in [-0.2, -0.15) is 0 Å². The molecule has 2 N–H and O–H groups in total. The first-order valence-corrected chi connectivity index (χ1v) is 10.1. The number of hydrogen-bond acceptors (Lipinski definition) is 3. The van der Waals surface area contributed by atoms with E-state index in [2.05, 4.69) is 27.7 Å². The third-order valence-corrected chi connectivity index (χ3v) is 5.44. The van der Waals surface area contributed by atoms with Crippen LogP contribution in [0.4, 0.5) is 10.5 Å². The van der Waals surface area contributed by atoms with Crippen LogP contribution in [0.1, 0.15) is 42.0 Å². The van der Waals surface area contributed by atoms with Crippen molar-refractivity contribution in [2.24, 2.45) is 0 Å². The predicted molar refractivity (Wildman–Crippen MR) is 114 cm³/mol. The van der Waals surface area contributed by atoms with Crippen LogP contribution in [0.2, 0.25) is 0 Å². The predicted octanol–water partition coefficient (Wildman–Crippen LogP) is 4.66. The Labute approximate surface area is 168 Å². The van der Waals surface area contributed by atoms with Crippen LogP contribution < -0.4 is 15.4 Å². The highest BCUT2D eigenvalue weighted by Crippen LogP contribution is 2.35. The smallest absolute Gasteiger partial charge is 0.319 e. The summed E-state index contributed by atoms with van der Waals surface area (Å²) < 4.78 is 5.57. The molecule has 2 amide bonds. The second-order valence-corrected chi connectivity index (χ2v) is 7.49. The Morgan fingerprint density at radius 3 is 2.82 bits per heavy atom. The number of carbonyl (C=O) groups is 1. The number of para-hydroxylation sites is 1. The Morgan fingerprint density at radius 1 is 1.18 bits per heavy atom. The van der Waals surface area contributed by atoms with Crippen molar-refractivity contribution in [3.05, 3.63) is 59.2 Å². The number of ether oxygens (including phenoxy) is 1. The lowest BCUT2D eigenvalue weighted by Gasteiger charge is -2.36. The van der Waals surface area contributed by atoms with Gasteiger partial charge in [0.05, 0.1) is 7.11 Å². The standard InChI is InChI=1S/C23H31N3O2/c1-17-11-12-18(2)20(16-17)25-23(27)24-13-15-26-14-7-6-9-21(26)19-8-4-5-10-22(19)28-3/h4-5,8,10-12,16,21H,6-7,9,13-15H2,1-3H3,(H2,24,25,27). The Bertz CT molecular complexity index is 806. The molecule has 1 aliphatic heterocycles. The number of methoxy groups -OCH3 is 1. The van der Waals surface area contributed by atoms with Crippen LogP contribution in [0, 0.1) is 13.8 Å². The van der Waals surface area contributed by atoms with E-state index < -0.39 is 0 Å². The average molecular weight is 382 g/mol. The van der Waals surface area contributed by atoms with Gasteiger partial charge in [-0.1, -0.05) is 36.8 Å². The zero-order valence-corrected chi connectivity index (χ0v) is 17.1. The summed E-state index contributed by atoms with van der Waals surface area (Å²) in [6.07, 6.45) is 3.54. The quantitative estimate of drug-likeness (QED) is 0.765. The monoisotopic (exact) mass is 381 g/mol. The van der Waals surface area contributed by atoms with Crippen LogP contribution in [-0.2, 0) is 0 Å². The molecule has 28 heavy (non-hydrogen) atoms. The molecule has 1 atom stereocenters. The maximum Gasteiger partial charge on any atom is 0.319 e. The zero-order chi connectivity index (χ0) is 19.9. The molecule has 3 rings (SSSR count). The van der Waals surface area contributed by atoms with Crippen LogP contribution >= 0.6 is 0 Å². The van der Waals surface area contributed by atoms with Gasteiger partial charge in [0.25, 0.3) is 0 Å². The van der Waals surface area contributed by atoms with E-state index in [9.17, 15) is 4.79 Å². The summed E-state index contributed by atoms with van der Waals surface area (Å²) in [6, 6.07) is 14.5. The summed E-state index contributed by atoms with van der Waals surface area (Å²) in [6.45, 7) is 6.51. The number of likely N-dealkylation sites (tertiary alicyclic amines) is 1. The fraction of sp³-hybridized carbons (Fsp3) is 0.435. The molecule has 0 bridgehead atoms. The lowest BCUT2D eigenvalue weighted by atomic mass is 9.94. The van der Waals surface area contributed by atoms with E-state index >= 15 is 0 Å². The number of nitrogens with one attached hydrogen (secondary N) is 2. The second kappa shape index (κ2) is 9.60. The first-order chi connectivity index (χ1) is 13.6. The average Bonchev–Trinajstić information content (AvgIpc) is 2.71. The fourth-order valence-electron chi connectivity index (χ4n) is 3.90. The van der Waals surface area contributed by atoms with Gasteiger partial charge in [-0.25, -0.2) is 4.79 Å². The lowest BCUT2D eigenvalue weighted by molar-refractivity contribution is 0.147. The van der Waals surface area contributed by atoms with Gasteiger partial charge < -0.3 is 15.4 Å². The third kappa shape index (κ3) is 5.04. The number of piperidine rings is 1. The van der Waals surface area contributed by atoms with E-state index in [0.29, 0.717) is 12.6 Å². The Kier molecular flexibility index (Phi) is 6.93. The minimum Gasteiger partial charge on any atom is -0.496 e. The largest absolute Gasteiger partial charge is 0.496 e. The Morgan fingerprint density at radius 2 is 2.00 bits per heavy atom. The number of nitrogens with zero attached hydrogens (tertiary/aromatic N) is 1. The van der Waals surface area contributed by atoms with Crippen molar-refractivity contribution in [1.82, 2.24) is 10.2 Å². The molecule has 0 aromatic heterocycles. The van der Waals surface area contributed by atoms with Crippen molar-refractivity contribution >= 4 is 11.7 Å². The van der Waals surface area contributed by atoms with E-state index in [-0.39, 0.29) is 6.03 Å². The summed E-state index contributed by atoms with van der Waals surface area (Å²) in [5.41, 5.74) is 4.30. The molecule has 1 fully saturated rings. The van der Waals surface area contributed by atoms with Crippen molar-refractivity contribution < 1.29 is 9.53 Å². The molecule has 150 valence electrons. The molecule has 1 saturated heterocycles. The van der Waals surface area contributed by atoms with E-state index in [4.69, 9.17) is 4.74 Å². The van der Waals surface area contributed by atoms with Crippen molar-refractivity contribution in [3.8, 4) is 5.75 Å². The van der Waals surface area contributed by atoms with Crippen molar-refractivity contribution in [2.75, 3.05) is 32.1 Å². The summed E-state index contributed by atoms with van der Waals surface area (Å²) in [4.78, 5) is 14.8. The van der Waals surface area contributed by atoms with Gasteiger partial charge in [-0.15, -0.1) is 0 Å². The molecule has 1 heterocycles. The molecule has 0 aliphatic carbocycles. The number of rotatable bonds is 6. The van der Waals surface area contributed by atoms with Crippen LogP contribution in [0.5, 0.6) is 5.75 Å². The summed E-state index contributed by atoms with van der Waals surface area (Å²) >= 11 is 0. The van der Waals surface area contributed by atoms with E-state index in [1.54, 1.807) is 7.11 Å². The van der Waals surface area contributed by atoms with E-state index in [0.717, 1.165) is 42.1 Å². The topological polar surface area (TPSA) is 53.6 Å². The summed E-state index contributed by atoms with van der Waals surface area (Å²) in [5.74, 6) is 0.944. The highest BCUT2D eigenvalue weighted by atomic mass is 16.5. The van der Waals surface area contributed by atoms with Crippen LogP contribution in [0.15, 0.2) is 42.5 Å². The molecule has 0 saturated carbocycles. The van der Waals surface area contributed by atoms with Crippen LogP contribution in [-0.4, -0.2) is 37.7 Å². The zero-order valence-electron chi connectivity index (χ0n) is 17.1. The number of benzene rings is 2. The summed E-state index contributed by atoms with van der Waals surface area (Å²) in [5, 5.41) is 5.96. The lowest BCUT2D eigenvalue weighted by Crippen LogP contribution is -2.40. The first kappa shape index (κ1) is 20.2. The maximum absolute atomic E-state index is 12.3. The number of anilines is 1. The maximum atomic E-state index is 12.3. The molecular formula is C23H31N3O2. The minimum absolute atomic E-state index is 0.153. The van der Waals surface area contributed by atoms with Crippen LogP contribution in [0.3, 0.4) is 0 Å². The van der Waals surface area contributed by atoms with Crippen LogP contribution in [0.25, 0.3) is 0 Å². The molecular weight excluding hydrogens is 350 g/mol. The first-order valence-electron chi connectivity index (χ1n) is 10.1. The van der Waals surface area contributed by atoms with Gasteiger partial charge in [-0.3, -0.25) is 4.90 Å². The van der Waals surface area contributed by atoms with E-state index in [1.807, 2.05) is 44.2 Å². The Balaban J connectivity index is 1.56. The number of carbonyl (C=O) groups excluding carboxylic acids is 1. The van der Waals surface area contributed by atoms with Gasteiger partial charge in [0.1, 0.15) is 5.75 Å². The molecule has 5 heteroatoms. The van der Waals surface area contributed by atoms with E-state index in [1.165, 1.54) is 18.4 Å². The fourth-order valence-corrected chi connectivity index (χ4v) is 3.90. The van der Waals surface area contributed by atoms with Crippen molar-refractivity contribution in [2.45, 2.75) is 39.2 Å². The SMILES string of the molecule is COc1ccccc1C1CCCCN1CCNC(=O)Nc1cc(C)ccc1C. The second-order valence-electron chi connectivity index (χ2n) is 7.49. The number of urea groups is 1. The molecule has 2 aromatic rings. The minimum atomic E-state index is -0.153. The highest BCUT2D eigenvalue weighted by Gasteiger charge is 2.25. The molecule has 1 aliphatic rings. The van der Waals surface area contributed by atoms with Crippen molar-refractivity contribution in [1.29, 1.82) is 0 Å². The normalized spacial score (nSPS) is 17.2. The molecule has 0 radical (unpaired) electrons. The molecule has 5 nitrogen and oxygen atoms in total. The number of aryl methyl sites for hydroxylation is 2. The van der Waals surface area contributed by atoms with Gasteiger partial charge in [0.15, 0.2) is 0 Å². The van der Waals surface area contributed by atoms with Gasteiger partial charge in [0.2, 0.25) is 0 Å². The number of amides is 2. The van der Waals surface area contributed by atoms with Crippen molar-refractivity contribution in [3.63, 3.8) is 0 Å². The Hall–Kier alpha value is -2.53. The summed E-state index contributed by atoms with van der Waals surface area (Å²) in [7, 11) is 1.73. The van der Waals surface area contributed by atoms with Gasteiger partial charge in [-0.05, 0) is 56.5 Å². The molecule has 2 aromatic carbocycles. The molecule has 0 spiro atoms. The van der Waals surface area contributed by atoms with Gasteiger partial charge >= 0.3 is 6.03 Å². The third-order valence-electron chi connectivity index (χ3n) is 5.44. The molecule has 1 unspecified atom stereocenters. The van der Waals surface area contributed by atoms with Gasteiger partial charge in [0, 0.05) is 30.4 Å². The number of hydrogen-bond donors (Lipinski definition) is 2.